The second kappa shape index (κ2) is 16.9. The van der Waals surface area contributed by atoms with Gasteiger partial charge in [-0.25, -0.2) is 14.0 Å². The molecular weight excluding hydrogens is 615 g/mol. The number of amides is 2. The molecule has 1 N–H and O–H groups in total. The van der Waals surface area contributed by atoms with Crippen LogP contribution in [0.3, 0.4) is 0 Å². The van der Waals surface area contributed by atoms with Gasteiger partial charge in [-0.2, -0.15) is 0 Å². The van der Waals surface area contributed by atoms with E-state index < -0.39 is 16.3 Å². The number of nitro benzene ring substituents is 2. The quantitative estimate of drug-likeness (QED) is 0.313. The number of carbonyl (C=O) groups excluding carboxylic acids is 2. The first kappa shape index (κ1) is 38.7. The van der Waals surface area contributed by atoms with Crippen LogP contribution < -0.4 is 10.2 Å². The van der Waals surface area contributed by atoms with Crippen molar-refractivity contribution in [1.29, 1.82) is 0 Å². The average Bonchev–Trinajstić information content (AvgIpc) is 2.96. The van der Waals surface area contributed by atoms with Gasteiger partial charge in [-0.3, -0.25) is 20.2 Å². The molecular formula is C32H47FN6O8. The van der Waals surface area contributed by atoms with Gasteiger partial charge in [0.15, 0.2) is 0 Å². The Morgan fingerprint density at radius 3 is 1.55 bits per heavy atom. The second-order valence-electron chi connectivity index (χ2n) is 13.1. The molecule has 4 rings (SSSR count). The highest BCUT2D eigenvalue weighted by Gasteiger charge is 2.26. The van der Waals surface area contributed by atoms with Crippen molar-refractivity contribution < 1.29 is 33.3 Å². The van der Waals surface area contributed by atoms with Crippen molar-refractivity contribution in [2.75, 3.05) is 57.3 Å². The van der Waals surface area contributed by atoms with Gasteiger partial charge in [0, 0.05) is 81.3 Å². The summed E-state index contributed by atoms with van der Waals surface area (Å²) >= 11 is 0. The lowest BCUT2D eigenvalue weighted by Crippen LogP contribution is -2.50. The van der Waals surface area contributed by atoms with Crippen LogP contribution in [0.25, 0.3) is 0 Å². The third-order valence-electron chi connectivity index (χ3n) is 6.80. The van der Waals surface area contributed by atoms with Crippen molar-refractivity contribution in [1.82, 2.24) is 15.1 Å². The molecule has 0 aliphatic carbocycles. The van der Waals surface area contributed by atoms with Gasteiger partial charge < -0.3 is 29.5 Å². The lowest BCUT2D eigenvalue weighted by atomic mass is 10.1. The molecule has 2 aromatic rings. The van der Waals surface area contributed by atoms with Crippen molar-refractivity contribution >= 4 is 29.2 Å². The molecule has 260 valence electrons. The standard InChI is InChI=1S/C16H23N3O4.C9H18N2O2.C7H6FNO2/c1-12-11-13(5-6-14(12)19(21)22)17-7-9-18(10-8-17)15(20)23-16(2,3)4;1-9(2,3)13-8(12)11-6-4-10-5-7-11;1-5-4-6(8)2-3-7(5)9(10)11/h5-6,11H,7-10H2,1-4H3;10H,4-7H2,1-3H3;2-4H,1H3. The molecule has 2 saturated heterocycles. The lowest BCUT2D eigenvalue weighted by Gasteiger charge is -2.36. The van der Waals surface area contributed by atoms with Crippen LogP contribution in [0.5, 0.6) is 0 Å². The van der Waals surface area contributed by atoms with Gasteiger partial charge in [-0.15, -0.1) is 0 Å². The molecule has 47 heavy (non-hydrogen) atoms. The molecule has 15 heteroatoms. The number of rotatable bonds is 3. The zero-order valence-corrected chi connectivity index (χ0v) is 28.5. The third kappa shape index (κ3) is 13.4. The van der Waals surface area contributed by atoms with E-state index in [-0.39, 0.29) is 34.1 Å². The molecule has 0 saturated carbocycles. The summed E-state index contributed by atoms with van der Waals surface area (Å²) in [4.78, 5) is 49.3. The van der Waals surface area contributed by atoms with E-state index in [4.69, 9.17) is 9.47 Å². The number of piperazine rings is 2. The number of halogens is 1. The van der Waals surface area contributed by atoms with Crippen molar-refractivity contribution in [3.8, 4) is 0 Å². The number of nitrogens with one attached hydrogen (secondary N) is 1. The summed E-state index contributed by atoms with van der Waals surface area (Å²) in [7, 11) is 0. The van der Waals surface area contributed by atoms with Crippen LogP contribution in [0.1, 0.15) is 52.7 Å². The Morgan fingerprint density at radius 2 is 1.15 bits per heavy atom. The minimum absolute atomic E-state index is 0.0496. The Labute approximate surface area is 275 Å². The first-order valence-electron chi connectivity index (χ1n) is 15.3. The second-order valence-corrected chi connectivity index (χ2v) is 13.1. The van der Waals surface area contributed by atoms with Gasteiger partial charge in [-0.1, -0.05) is 0 Å². The number of nitro groups is 2. The van der Waals surface area contributed by atoms with Crippen LogP contribution in [0.15, 0.2) is 36.4 Å². The number of carbonyl (C=O) groups is 2. The number of ether oxygens (including phenoxy) is 2. The maximum Gasteiger partial charge on any atom is 0.410 e. The molecule has 2 aliphatic rings. The van der Waals surface area contributed by atoms with Gasteiger partial charge in [0.1, 0.15) is 17.0 Å². The monoisotopic (exact) mass is 662 g/mol. The highest BCUT2D eigenvalue weighted by Crippen LogP contribution is 2.25. The maximum absolute atomic E-state index is 12.4. The molecule has 0 atom stereocenters. The summed E-state index contributed by atoms with van der Waals surface area (Å²) in [6, 6.07) is 8.48. The number of hydrogen-bond donors (Lipinski definition) is 1. The zero-order chi connectivity index (χ0) is 35.5. The van der Waals surface area contributed by atoms with Gasteiger partial charge in [0.05, 0.1) is 9.85 Å². The Morgan fingerprint density at radius 1 is 0.723 bits per heavy atom. The highest BCUT2D eigenvalue weighted by molar-refractivity contribution is 5.69. The molecule has 2 aliphatic heterocycles. The zero-order valence-electron chi connectivity index (χ0n) is 28.5. The summed E-state index contributed by atoms with van der Waals surface area (Å²) in [5.74, 6) is -0.451. The molecule has 0 spiro atoms. The summed E-state index contributed by atoms with van der Waals surface area (Å²) in [6.45, 7) is 20.1. The minimum Gasteiger partial charge on any atom is -0.444 e. The molecule has 14 nitrogen and oxygen atoms in total. The van der Waals surface area contributed by atoms with Crippen molar-refractivity contribution in [3.05, 3.63) is 73.6 Å². The molecule has 0 unspecified atom stereocenters. The summed E-state index contributed by atoms with van der Waals surface area (Å²) in [6.07, 6.45) is -0.494. The van der Waals surface area contributed by atoms with Crippen LogP contribution in [0.4, 0.5) is 31.0 Å². The first-order valence-corrected chi connectivity index (χ1v) is 15.3. The van der Waals surface area contributed by atoms with Crippen molar-refractivity contribution in [3.63, 3.8) is 0 Å². The predicted octanol–water partition coefficient (Wildman–Crippen LogP) is 5.83. The van der Waals surface area contributed by atoms with Crippen LogP contribution in [-0.2, 0) is 9.47 Å². The van der Waals surface area contributed by atoms with Gasteiger partial charge in [0.25, 0.3) is 11.4 Å². The minimum atomic E-state index is -0.533. The number of nitrogens with zero attached hydrogens (tertiary/aromatic N) is 5. The van der Waals surface area contributed by atoms with Gasteiger partial charge in [-0.05, 0) is 79.7 Å². The fourth-order valence-electron chi connectivity index (χ4n) is 4.51. The van der Waals surface area contributed by atoms with E-state index in [0.717, 1.165) is 50.1 Å². The summed E-state index contributed by atoms with van der Waals surface area (Å²) < 4.78 is 23.0. The SMILES string of the molecule is CC(C)(C)OC(=O)N1CCNCC1.Cc1cc(F)ccc1[N+](=O)[O-].Cc1cc(N2CCN(C(=O)OC(C)(C)C)CC2)ccc1[N+](=O)[O-]. The molecule has 0 radical (unpaired) electrons. The highest BCUT2D eigenvalue weighted by atomic mass is 19.1. The number of aryl methyl sites for hydroxylation is 2. The van der Waals surface area contributed by atoms with E-state index in [1.807, 2.05) is 47.6 Å². The van der Waals surface area contributed by atoms with Gasteiger partial charge >= 0.3 is 12.2 Å². The van der Waals surface area contributed by atoms with E-state index in [9.17, 15) is 34.2 Å². The fraction of sp³-hybridized carbons (Fsp3) is 0.562. The predicted molar refractivity (Wildman–Crippen MR) is 176 cm³/mol. The normalized spacial score (nSPS) is 15.0. The number of benzene rings is 2. The molecule has 2 heterocycles. The Hall–Kier alpha value is -4.53. The molecule has 0 aromatic heterocycles. The van der Waals surface area contributed by atoms with E-state index >= 15 is 0 Å². The van der Waals surface area contributed by atoms with Crippen LogP contribution in [-0.4, -0.2) is 95.4 Å². The smallest absolute Gasteiger partial charge is 0.410 e. The van der Waals surface area contributed by atoms with E-state index in [2.05, 4.69) is 10.2 Å². The van der Waals surface area contributed by atoms with E-state index in [1.165, 1.54) is 13.0 Å². The number of anilines is 1. The Bertz CT molecular complexity index is 1390. The number of hydrogen-bond acceptors (Lipinski definition) is 10. The van der Waals surface area contributed by atoms with Crippen molar-refractivity contribution in [2.45, 2.75) is 66.6 Å². The van der Waals surface area contributed by atoms with Crippen LogP contribution in [0.2, 0.25) is 0 Å². The fourth-order valence-corrected chi connectivity index (χ4v) is 4.51. The summed E-state index contributed by atoms with van der Waals surface area (Å²) in [5.41, 5.74) is 1.12. The average molecular weight is 663 g/mol. The van der Waals surface area contributed by atoms with E-state index in [1.54, 1.807) is 22.8 Å². The molecule has 2 amide bonds. The summed E-state index contributed by atoms with van der Waals surface area (Å²) in [5, 5.41) is 24.3. The molecule has 2 aromatic carbocycles. The van der Waals surface area contributed by atoms with E-state index in [0.29, 0.717) is 37.3 Å². The largest absolute Gasteiger partial charge is 0.444 e. The maximum atomic E-state index is 12.4. The van der Waals surface area contributed by atoms with Gasteiger partial charge in [0.2, 0.25) is 0 Å². The lowest BCUT2D eigenvalue weighted by molar-refractivity contribution is -0.385. The van der Waals surface area contributed by atoms with Crippen LogP contribution >= 0.6 is 0 Å². The molecule has 2 fully saturated rings. The first-order chi connectivity index (χ1) is 21.8. The van der Waals surface area contributed by atoms with Crippen molar-refractivity contribution in [2.24, 2.45) is 0 Å². The topological polar surface area (TPSA) is 161 Å². The Kier molecular flexibility index (Phi) is 13.9. The Balaban J connectivity index is 0.000000270. The third-order valence-corrected chi connectivity index (χ3v) is 6.80. The van der Waals surface area contributed by atoms with Crippen LogP contribution in [0, 0.1) is 39.9 Å². The molecule has 0 bridgehead atoms.